The van der Waals surface area contributed by atoms with Crippen LogP contribution in [0.1, 0.15) is 57.2 Å². The molecular weight excluding hydrogens is 504 g/mol. The SMILES string of the molecule is CC1Cc2c([nH]c3ccccc23)CN1CC(C)(F)F.Fc1cc(F)cc(N2CCC3(CCCNCC3)CC2)c1. The quantitative estimate of drug-likeness (QED) is 0.352. The first-order valence-electron chi connectivity index (χ1n) is 14.2. The van der Waals surface area contributed by atoms with Crippen molar-refractivity contribution in [1.82, 2.24) is 15.2 Å². The van der Waals surface area contributed by atoms with Crippen molar-refractivity contribution in [3.8, 4) is 0 Å². The first-order chi connectivity index (χ1) is 18.6. The molecule has 0 bridgehead atoms. The molecule has 2 aromatic carbocycles. The lowest BCUT2D eigenvalue weighted by atomic mass is 9.73. The van der Waals surface area contributed by atoms with Crippen LogP contribution in [0.2, 0.25) is 0 Å². The molecule has 2 saturated heterocycles. The molecule has 1 unspecified atom stereocenters. The number of hydrogen-bond acceptors (Lipinski definition) is 3. The van der Waals surface area contributed by atoms with E-state index < -0.39 is 17.6 Å². The first-order valence-corrected chi connectivity index (χ1v) is 14.2. The predicted molar refractivity (Wildman–Crippen MR) is 149 cm³/mol. The van der Waals surface area contributed by atoms with Crippen LogP contribution in [0.5, 0.6) is 0 Å². The summed E-state index contributed by atoms with van der Waals surface area (Å²) < 4.78 is 53.0. The van der Waals surface area contributed by atoms with Gasteiger partial charge in [-0.2, -0.15) is 0 Å². The predicted octanol–water partition coefficient (Wildman–Crippen LogP) is 6.89. The zero-order chi connectivity index (χ0) is 27.6. The summed E-state index contributed by atoms with van der Waals surface area (Å²) in [4.78, 5) is 7.35. The van der Waals surface area contributed by atoms with Crippen LogP contribution in [-0.2, 0) is 13.0 Å². The molecule has 1 atom stereocenters. The molecule has 2 N–H and O–H groups in total. The Labute approximate surface area is 228 Å². The maximum absolute atomic E-state index is 13.3. The number of piperidine rings is 1. The van der Waals surface area contributed by atoms with E-state index in [0.717, 1.165) is 69.6 Å². The third-order valence-corrected chi connectivity index (χ3v) is 8.80. The fourth-order valence-electron chi connectivity index (χ4n) is 6.63. The lowest BCUT2D eigenvalue weighted by molar-refractivity contribution is -0.0293. The van der Waals surface area contributed by atoms with Crippen LogP contribution in [0, 0.1) is 17.0 Å². The molecule has 2 fully saturated rings. The van der Waals surface area contributed by atoms with Gasteiger partial charge in [-0.25, -0.2) is 17.6 Å². The van der Waals surface area contributed by atoms with Crippen molar-refractivity contribution in [3.05, 3.63) is 65.4 Å². The van der Waals surface area contributed by atoms with Gasteiger partial charge in [-0.1, -0.05) is 18.2 Å². The zero-order valence-electron chi connectivity index (χ0n) is 23.0. The number of nitrogens with zero attached hydrogens (tertiary/aromatic N) is 2. The summed E-state index contributed by atoms with van der Waals surface area (Å²) in [5.74, 6) is -3.62. The number of nitrogens with one attached hydrogen (secondary N) is 2. The van der Waals surface area contributed by atoms with E-state index in [1.807, 2.05) is 30.0 Å². The molecule has 1 spiro atoms. The summed E-state index contributed by atoms with van der Waals surface area (Å²) in [5, 5.41) is 4.69. The fourth-order valence-corrected chi connectivity index (χ4v) is 6.63. The number of H-pyrrole nitrogens is 1. The highest BCUT2D eigenvalue weighted by molar-refractivity contribution is 5.84. The minimum Gasteiger partial charge on any atom is -0.371 e. The van der Waals surface area contributed by atoms with E-state index in [4.69, 9.17) is 0 Å². The Kier molecular flexibility index (Phi) is 8.24. The average Bonchev–Trinajstić information content (AvgIpc) is 3.06. The molecule has 4 heterocycles. The van der Waals surface area contributed by atoms with Crippen molar-refractivity contribution in [2.45, 2.75) is 70.9 Å². The van der Waals surface area contributed by atoms with Crippen LogP contribution in [0.15, 0.2) is 42.5 Å². The van der Waals surface area contributed by atoms with Gasteiger partial charge >= 0.3 is 0 Å². The highest BCUT2D eigenvalue weighted by atomic mass is 19.3. The zero-order valence-corrected chi connectivity index (χ0v) is 23.0. The number of benzene rings is 2. The van der Waals surface area contributed by atoms with Gasteiger partial charge in [0.2, 0.25) is 0 Å². The van der Waals surface area contributed by atoms with Gasteiger partial charge in [-0.05, 0) is 87.7 Å². The number of aromatic nitrogens is 1. The van der Waals surface area contributed by atoms with Crippen molar-refractivity contribution in [2.24, 2.45) is 5.41 Å². The minimum atomic E-state index is -2.64. The van der Waals surface area contributed by atoms with Gasteiger partial charge in [0.1, 0.15) is 11.6 Å². The molecule has 4 nitrogen and oxygen atoms in total. The highest BCUT2D eigenvalue weighted by Crippen LogP contribution is 2.41. The maximum Gasteiger partial charge on any atom is 0.257 e. The molecule has 8 heteroatoms. The Bertz CT molecular complexity index is 1230. The van der Waals surface area contributed by atoms with Gasteiger partial charge in [0.05, 0.1) is 6.54 Å². The van der Waals surface area contributed by atoms with E-state index in [0.29, 0.717) is 17.6 Å². The molecule has 0 saturated carbocycles. The molecule has 3 aliphatic rings. The number of anilines is 1. The van der Waals surface area contributed by atoms with Crippen LogP contribution in [0.3, 0.4) is 0 Å². The summed E-state index contributed by atoms with van der Waals surface area (Å²) in [7, 11) is 0. The number of rotatable bonds is 3. The minimum absolute atomic E-state index is 0.150. The number of aromatic amines is 1. The molecular formula is C31H40F4N4. The van der Waals surface area contributed by atoms with Crippen LogP contribution < -0.4 is 10.2 Å². The Morgan fingerprint density at radius 3 is 2.41 bits per heavy atom. The average molecular weight is 545 g/mol. The molecule has 39 heavy (non-hydrogen) atoms. The van der Waals surface area contributed by atoms with Gasteiger partial charge in [-0.3, -0.25) is 4.90 Å². The van der Waals surface area contributed by atoms with Gasteiger partial charge in [-0.15, -0.1) is 0 Å². The smallest absolute Gasteiger partial charge is 0.257 e. The Balaban J connectivity index is 0.000000158. The van der Waals surface area contributed by atoms with Crippen LogP contribution >= 0.6 is 0 Å². The monoisotopic (exact) mass is 544 g/mol. The topological polar surface area (TPSA) is 34.3 Å². The third kappa shape index (κ3) is 6.77. The standard InChI is InChI=1S/C16H22F2N2.C15H18F2N2/c17-13-10-14(18)12-15(11-13)20-8-4-16(5-9-20)2-1-6-19-7-3-16;1-10-7-12-11-5-3-4-6-13(11)18-14(12)8-19(10)9-15(2,16)17/h10-12,19H,1-9H2;3-6,10,18H,7-9H2,1-2H3. The van der Waals surface area contributed by atoms with E-state index in [1.165, 1.54) is 42.3 Å². The first kappa shape index (κ1) is 28.0. The van der Waals surface area contributed by atoms with E-state index >= 15 is 0 Å². The van der Waals surface area contributed by atoms with Crippen molar-refractivity contribution < 1.29 is 17.6 Å². The van der Waals surface area contributed by atoms with E-state index in [-0.39, 0.29) is 12.6 Å². The summed E-state index contributed by atoms with van der Waals surface area (Å²) >= 11 is 0. The largest absolute Gasteiger partial charge is 0.371 e. The van der Waals surface area contributed by atoms with Crippen molar-refractivity contribution in [1.29, 1.82) is 0 Å². The molecule has 0 radical (unpaired) electrons. The summed E-state index contributed by atoms with van der Waals surface area (Å²) in [6, 6.07) is 12.1. The lowest BCUT2D eigenvalue weighted by Gasteiger charge is -2.42. The van der Waals surface area contributed by atoms with E-state index in [9.17, 15) is 17.6 Å². The van der Waals surface area contributed by atoms with Gasteiger partial charge < -0.3 is 15.2 Å². The van der Waals surface area contributed by atoms with Crippen molar-refractivity contribution in [2.75, 3.05) is 37.6 Å². The number of halogens is 4. The second-order valence-electron chi connectivity index (χ2n) is 11.9. The normalized spacial score (nSPS) is 21.8. The molecule has 1 aromatic heterocycles. The Morgan fingerprint density at radius 2 is 1.69 bits per heavy atom. The number of alkyl halides is 2. The summed E-state index contributed by atoms with van der Waals surface area (Å²) in [6.45, 7) is 7.45. The van der Waals surface area contributed by atoms with Crippen molar-refractivity contribution >= 4 is 16.6 Å². The second kappa shape index (κ2) is 11.5. The number of fused-ring (bicyclic) bond motifs is 3. The van der Waals surface area contributed by atoms with E-state index in [2.05, 4.69) is 21.3 Å². The lowest BCUT2D eigenvalue weighted by Crippen LogP contribution is -2.44. The molecule has 6 rings (SSSR count). The fraction of sp³-hybridized carbons (Fsp3) is 0.548. The van der Waals surface area contributed by atoms with Crippen LogP contribution in [0.4, 0.5) is 23.2 Å². The van der Waals surface area contributed by atoms with Crippen LogP contribution in [0.25, 0.3) is 10.9 Å². The van der Waals surface area contributed by atoms with Crippen molar-refractivity contribution in [3.63, 3.8) is 0 Å². The summed E-state index contributed by atoms with van der Waals surface area (Å²) in [5.41, 5.74) is 4.61. The molecule has 212 valence electrons. The summed E-state index contributed by atoms with van der Waals surface area (Å²) in [6.07, 6.45) is 6.85. The van der Waals surface area contributed by atoms with Gasteiger partial charge in [0.15, 0.2) is 0 Å². The second-order valence-corrected chi connectivity index (χ2v) is 11.9. The van der Waals surface area contributed by atoms with Gasteiger partial charge in [0.25, 0.3) is 5.92 Å². The third-order valence-electron chi connectivity index (χ3n) is 8.80. The molecule has 3 aliphatic heterocycles. The van der Waals surface area contributed by atoms with Crippen LogP contribution in [-0.4, -0.2) is 54.6 Å². The Morgan fingerprint density at radius 1 is 0.974 bits per heavy atom. The Hall–Kier alpha value is -2.58. The van der Waals surface area contributed by atoms with Gasteiger partial charge in [0, 0.05) is 61.0 Å². The number of hydrogen-bond donors (Lipinski definition) is 2. The molecule has 0 aliphatic carbocycles. The number of para-hydroxylation sites is 1. The highest BCUT2D eigenvalue weighted by Gasteiger charge is 2.35. The molecule has 3 aromatic rings. The molecule has 0 amide bonds. The van der Waals surface area contributed by atoms with E-state index in [1.54, 1.807) is 0 Å². The maximum atomic E-state index is 13.3.